The molecule has 0 spiro atoms. The molecule has 0 saturated heterocycles. The molecule has 0 N–H and O–H groups in total. The van der Waals surface area contributed by atoms with Gasteiger partial charge in [0, 0.05) is 64.8 Å². The van der Waals surface area contributed by atoms with Crippen LogP contribution in [-0.4, -0.2) is 27.2 Å². The van der Waals surface area contributed by atoms with Gasteiger partial charge < -0.3 is 17.3 Å². The van der Waals surface area contributed by atoms with Crippen LogP contribution in [0.15, 0.2) is 273 Å². The minimum Gasteiger partial charge on any atom is -0.418 e. The molecule has 9 rings (SSSR count). The Balaban J connectivity index is 0.000000321. The van der Waals surface area contributed by atoms with Crippen LogP contribution in [0, 0.1) is 6.66 Å². The molecule has 2 radical (unpaired) electrons. The van der Waals surface area contributed by atoms with Crippen molar-refractivity contribution in [1.82, 2.24) is 0 Å². The van der Waals surface area contributed by atoms with Crippen molar-refractivity contribution < 1.29 is 84.4 Å². The fraction of sp³-hybridized carbons (Fsp3) is 0.0517. The van der Waals surface area contributed by atoms with Gasteiger partial charge in [0.15, 0.2) is 0 Å². The number of benzene rings is 9. The van der Waals surface area contributed by atoms with Gasteiger partial charge in [0.05, 0.1) is 0 Å². The molecule has 9 aromatic carbocycles. The van der Waals surface area contributed by atoms with Gasteiger partial charge in [-0.3, -0.25) is 0 Å². The third kappa shape index (κ3) is 24.0. The van der Waals surface area contributed by atoms with Gasteiger partial charge in [-0.25, -0.2) is 0 Å². The number of halogens is 4. The minimum absolute atomic E-state index is 0. The second-order valence-electron chi connectivity index (χ2n) is 15.8. The normalized spacial score (nSPS) is 10.3. The average molecular weight is 1550 g/mol. The molecular weight excluding hydrogens is 1500 g/mol. The monoisotopic (exact) mass is 1550 g/mol. The predicted molar refractivity (Wildman–Crippen MR) is 296 cm³/mol. The third-order valence-electron chi connectivity index (χ3n) is 9.13. The Morgan fingerprint density at radius 1 is 0.271 bits per heavy atom. The van der Waals surface area contributed by atoms with Gasteiger partial charge in [0.1, 0.15) is 0 Å². The zero-order valence-corrected chi connectivity index (χ0v) is 49.0. The predicted octanol–water partition coefficient (Wildman–Crippen LogP) is 13.3. The largest absolute Gasteiger partial charge is 1.00 e. The van der Waals surface area contributed by atoms with Gasteiger partial charge in [-0.2, -0.15) is 6.66 Å². The molecule has 0 heterocycles. The summed E-state index contributed by atoms with van der Waals surface area (Å²) >= 11 is 0. The molecule has 0 aliphatic heterocycles. The van der Waals surface area contributed by atoms with Gasteiger partial charge in [0.25, 0.3) is 0 Å². The van der Waals surface area contributed by atoms with E-state index in [4.69, 9.17) is 0 Å². The summed E-state index contributed by atoms with van der Waals surface area (Å²) in [6, 6.07) is 97.0. The molecule has 0 fully saturated rings. The smallest absolute Gasteiger partial charge is 0.418 e. The molecule has 0 nitrogen and oxygen atoms in total. The van der Waals surface area contributed by atoms with Crippen LogP contribution in [0.4, 0.5) is 17.3 Å². The Bertz CT molecular complexity index is 2080. The molecule has 0 unspecified atom stereocenters. The second kappa shape index (κ2) is 34.2. The number of rotatable bonds is 9. The molecule has 0 aromatic heterocycles. The summed E-state index contributed by atoms with van der Waals surface area (Å²) in [5.74, 6) is 0. The maximum absolute atomic E-state index is 9.75. The van der Waals surface area contributed by atoms with Crippen molar-refractivity contribution in [2.45, 2.75) is 0 Å². The summed E-state index contributed by atoms with van der Waals surface area (Å²) in [4.78, 5) is 0. The molecule has 372 valence electrons. The van der Waals surface area contributed by atoms with Crippen molar-refractivity contribution in [2.24, 2.45) is 0 Å². The zero-order chi connectivity index (χ0) is 47.7. The van der Waals surface area contributed by atoms with Gasteiger partial charge in [-0.1, -0.05) is 273 Å². The fourth-order valence-electron chi connectivity index (χ4n) is 6.54. The van der Waals surface area contributed by atoms with E-state index in [2.05, 4.69) is 300 Å². The van der Waals surface area contributed by atoms with Gasteiger partial charge >= 0.3 is 29.6 Å². The number of hydrogen-bond donors (Lipinski definition) is 0. The van der Waals surface area contributed by atoms with Crippen LogP contribution < -0.4 is 47.7 Å². The summed E-state index contributed by atoms with van der Waals surface area (Å²) in [5.41, 5.74) is 0. The molecular formula is C58H56Au3BF4P4. The SMILES string of the molecule is F[B-](F)(F)F.[Au+].[Au].[Au].[CH2-][P+](C)(C)C.c1ccc(P(c2ccccc2)c2ccccc2)cc1.c1ccc(P(c2ccccc2)c2ccccc2)cc1.c1ccc(P(c2ccccc2)c2ccccc2)cc1. The molecule has 0 bridgehead atoms. The second-order valence-corrected chi connectivity index (χ2v) is 27.1. The van der Waals surface area contributed by atoms with E-state index in [0.29, 0.717) is 0 Å². The Morgan fingerprint density at radius 3 is 0.414 bits per heavy atom. The van der Waals surface area contributed by atoms with Crippen LogP contribution in [0.2, 0.25) is 0 Å². The average Bonchev–Trinajstić information content (AvgIpc) is 3.34. The van der Waals surface area contributed by atoms with Crippen molar-refractivity contribution in [2.75, 3.05) is 20.0 Å². The van der Waals surface area contributed by atoms with E-state index in [1.165, 1.54) is 47.7 Å². The molecule has 9 aromatic rings. The molecule has 0 atom stereocenters. The molecule has 0 aliphatic rings. The van der Waals surface area contributed by atoms with Crippen LogP contribution in [0.1, 0.15) is 0 Å². The van der Waals surface area contributed by atoms with Crippen molar-refractivity contribution in [3.05, 3.63) is 280 Å². The van der Waals surface area contributed by atoms with E-state index in [9.17, 15) is 17.3 Å². The molecule has 0 amide bonds. The van der Waals surface area contributed by atoms with Gasteiger partial charge in [0.2, 0.25) is 0 Å². The number of hydrogen-bond acceptors (Lipinski definition) is 0. The van der Waals surface area contributed by atoms with Crippen molar-refractivity contribution in [3.63, 3.8) is 0 Å². The van der Waals surface area contributed by atoms with E-state index in [0.717, 1.165) is 0 Å². The first kappa shape index (κ1) is 62.8. The van der Waals surface area contributed by atoms with Crippen LogP contribution in [-0.2, 0) is 67.1 Å². The third-order valence-corrected chi connectivity index (χ3v) is 16.5. The molecule has 12 heteroatoms. The summed E-state index contributed by atoms with van der Waals surface area (Å²) in [6.45, 7) is 10.4. The Hall–Kier alpha value is -3.29. The Morgan fingerprint density at radius 2 is 0.343 bits per heavy atom. The zero-order valence-electron chi connectivity index (χ0n) is 39.0. The van der Waals surface area contributed by atoms with Gasteiger partial charge in [-0.15, -0.1) is 7.26 Å². The van der Waals surface area contributed by atoms with E-state index >= 15 is 0 Å². The van der Waals surface area contributed by atoms with Crippen LogP contribution in [0.3, 0.4) is 0 Å². The Labute approximate surface area is 465 Å². The first-order valence-electron chi connectivity index (χ1n) is 21.7. The maximum atomic E-state index is 9.75. The van der Waals surface area contributed by atoms with Gasteiger partial charge in [-0.05, 0) is 71.5 Å². The topological polar surface area (TPSA) is 0 Å². The summed E-state index contributed by atoms with van der Waals surface area (Å²) < 4.78 is 39.0. The minimum atomic E-state index is -6.00. The van der Waals surface area contributed by atoms with E-state index < -0.39 is 38.3 Å². The van der Waals surface area contributed by atoms with Crippen LogP contribution in [0.5, 0.6) is 0 Å². The van der Waals surface area contributed by atoms with E-state index in [1.807, 2.05) is 0 Å². The fourth-order valence-corrected chi connectivity index (χ4v) is 13.5. The molecule has 0 saturated carbocycles. The van der Waals surface area contributed by atoms with E-state index in [1.54, 1.807) is 0 Å². The maximum Gasteiger partial charge on any atom is 1.00 e. The first-order valence-corrected chi connectivity index (χ1v) is 29.1. The standard InChI is InChI=1S/3C18H15P.C4H11P.3Au.BF4/c3*1-4-10-16(11-5-1)19(17-12-6-2-7-13-17)18-14-8-3-9-15-18;1-5(2,3)4;;;;2-1(3,4)5/h3*1-15H;1H2,2-4H3;;;;/q;;;;;;+1;-1. The van der Waals surface area contributed by atoms with Crippen molar-refractivity contribution in [3.8, 4) is 0 Å². The summed E-state index contributed by atoms with van der Waals surface area (Å²) in [6.07, 6.45) is 0. The molecule has 0 aliphatic carbocycles. The summed E-state index contributed by atoms with van der Waals surface area (Å²) in [7, 11) is -7.98. The Kier molecular flexibility index (Phi) is 30.7. The first-order chi connectivity index (χ1) is 32.3. The molecule has 70 heavy (non-hydrogen) atoms. The van der Waals surface area contributed by atoms with E-state index in [-0.39, 0.29) is 67.1 Å². The van der Waals surface area contributed by atoms with Crippen LogP contribution >= 0.6 is 31.0 Å². The summed E-state index contributed by atoms with van der Waals surface area (Å²) in [5, 5.41) is 12.6. The van der Waals surface area contributed by atoms with Crippen molar-refractivity contribution >= 4 is 86.0 Å². The van der Waals surface area contributed by atoms with Crippen molar-refractivity contribution in [1.29, 1.82) is 0 Å². The quantitative estimate of drug-likeness (QED) is 0.0585. The van der Waals surface area contributed by atoms with Crippen LogP contribution in [0.25, 0.3) is 0 Å².